The minimum Gasteiger partial charge on any atom is -0.326 e. The van der Waals surface area contributed by atoms with E-state index in [1.165, 1.54) is 42.1 Å². The van der Waals surface area contributed by atoms with Crippen LogP contribution in [0.25, 0.3) is 0 Å². The van der Waals surface area contributed by atoms with Gasteiger partial charge in [-0.2, -0.15) is 11.8 Å². The van der Waals surface area contributed by atoms with Gasteiger partial charge in [-0.25, -0.2) is 0 Å². The van der Waals surface area contributed by atoms with Gasteiger partial charge in [0.15, 0.2) is 0 Å². The lowest BCUT2D eigenvalue weighted by Gasteiger charge is -2.19. The Kier molecular flexibility index (Phi) is 4.69. The van der Waals surface area contributed by atoms with Crippen molar-refractivity contribution in [1.82, 2.24) is 4.90 Å². The van der Waals surface area contributed by atoms with Gasteiger partial charge in [0.05, 0.1) is 0 Å². The summed E-state index contributed by atoms with van der Waals surface area (Å²) in [7, 11) is 0. The Hall–Kier alpha value is -0.510. The fourth-order valence-electron chi connectivity index (χ4n) is 1.99. The van der Waals surface area contributed by atoms with Gasteiger partial charge >= 0.3 is 0 Å². The molecule has 3 heteroatoms. The van der Waals surface area contributed by atoms with E-state index in [1.54, 1.807) is 0 Å². The second-order valence-corrected chi connectivity index (χ2v) is 5.49. The number of benzene rings is 1. The minimum absolute atomic E-state index is 0.640. The largest absolute Gasteiger partial charge is 0.326 e. The van der Waals surface area contributed by atoms with E-state index in [0.29, 0.717) is 6.54 Å². The first-order valence-corrected chi connectivity index (χ1v) is 7.12. The van der Waals surface area contributed by atoms with Crippen molar-refractivity contribution in [2.75, 3.05) is 24.6 Å². The second kappa shape index (κ2) is 6.28. The molecule has 1 aliphatic heterocycles. The third-order valence-electron chi connectivity index (χ3n) is 2.98. The topological polar surface area (TPSA) is 29.3 Å². The van der Waals surface area contributed by atoms with Crippen molar-refractivity contribution in [2.24, 2.45) is 5.73 Å². The van der Waals surface area contributed by atoms with Crippen LogP contribution in [0.5, 0.6) is 0 Å². The molecular weight excluding hydrogens is 216 g/mol. The van der Waals surface area contributed by atoms with E-state index in [0.717, 1.165) is 6.54 Å². The summed E-state index contributed by atoms with van der Waals surface area (Å²) in [6.07, 6.45) is 1.32. The number of nitrogens with two attached hydrogens (primary N) is 1. The Morgan fingerprint density at radius 2 is 1.81 bits per heavy atom. The van der Waals surface area contributed by atoms with Crippen LogP contribution in [0.3, 0.4) is 0 Å². The Balaban J connectivity index is 1.91. The molecule has 0 aromatic heterocycles. The maximum Gasteiger partial charge on any atom is 0.0234 e. The molecule has 1 saturated heterocycles. The van der Waals surface area contributed by atoms with Crippen molar-refractivity contribution < 1.29 is 0 Å². The molecule has 1 aliphatic rings. The summed E-state index contributed by atoms with van der Waals surface area (Å²) in [5.74, 6) is 2.60. The van der Waals surface area contributed by atoms with E-state index in [2.05, 4.69) is 40.9 Å². The molecule has 2 N–H and O–H groups in total. The van der Waals surface area contributed by atoms with Crippen LogP contribution < -0.4 is 5.73 Å². The van der Waals surface area contributed by atoms with E-state index in [9.17, 15) is 0 Å². The molecule has 1 fully saturated rings. The summed E-state index contributed by atoms with van der Waals surface area (Å²) in [6.45, 7) is 4.20. The van der Waals surface area contributed by atoms with Crippen molar-refractivity contribution in [3.05, 3.63) is 35.4 Å². The molecule has 0 unspecified atom stereocenters. The van der Waals surface area contributed by atoms with E-state index in [4.69, 9.17) is 5.73 Å². The molecule has 2 nitrogen and oxygen atoms in total. The Morgan fingerprint density at radius 3 is 2.56 bits per heavy atom. The molecular formula is C13H20N2S. The molecule has 2 rings (SSSR count). The van der Waals surface area contributed by atoms with Crippen LogP contribution in [0.15, 0.2) is 24.3 Å². The van der Waals surface area contributed by atoms with Gasteiger partial charge < -0.3 is 5.73 Å². The molecule has 0 radical (unpaired) electrons. The van der Waals surface area contributed by atoms with Crippen molar-refractivity contribution in [1.29, 1.82) is 0 Å². The molecule has 1 heterocycles. The first-order valence-electron chi connectivity index (χ1n) is 5.96. The van der Waals surface area contributed by atoms with Crippen LogP contribution in [0, 0.1) is 0 Å². The van der Waals surface area contributed by atoms with Crippen molar-refractivity contribution in [3.8, 4) is 0 Å². The van der Waals surface area contributed by atoms with Crippen LogP contribution in [-0.2, 0) is 13.1 Å². The first kappa shape index (κ1) is 12.0. The van der Waals surface area contributed by atoms with Gasteiger partial charge in [0.25, 0.3) is 0 Å². The van der Waals surface area contributed by atoms with Gasteiger partial charge in [-0.05, 0) is 29.8 Å². The summed E-state index contributed by atoms with van der Waals surface area (Å²) >= 11 is 2.08. The predicted molar refractivity (Wildman–Crippen MR) is 71.6 cm³/mol. The van der Waals surface area contributed by atoms with E-state index in [-0.39, 0.29) is 0 Å². The van der Waals surface area contributed by atoms with Crippen LogP contribution in [0.1, 0.15) is 17.5 Å². The van der Waals surface area contributed by atoms with Gasteiger partial charge in [0.1, 0.15) is 0 Å². The fraction of sp³-hybridized carbons (Fsp3) is 0.538. The molecule has 88 valence electrons. The van der Waals surface area contributed by atoms with Gasteiger partial charge in [0.2, 0.25) is 0 Å². The summed E-state index contributed by atoms with van der Waals surface area (Å²) in [5, 5.41) is 0. The van der Waals surface area contributed by atoms with Crippen LogP contribution in [0.2, 0.25) is 0 Å². The maximum absolute atomic E-state index is 5.59. The van der Waals surface area contributed by atoms with E-state index < -0.39 is 0 Å². The van der Waals surface area contributed by atoms with Crippen molar-refractivity contribution >= 4 is 11.8 Å². The number of rotatable bonds is 3. The highest BCUT2D eigenvalue weighted by Gasteiger charge is 2.09. The molecule has 16 heavy (non-hydrogen) atoms. The van der Waals surface area contributed by atoms with E-state index in [1.807, 2.05) is 0 Å². The van der Waals surface area contributed by atoms with Crippen molar-refractivity contribution in [3.63, 3.8) is 0 Å². The molecule has 1 aromatic rings. The summed E-state index contributed by atoms with van der Waals surface area (Å²) in [6, 6.07) is 8.70. The first-order chi connectivity index (χ1) is 7.88. The van der Waals surface area contributed by atoms with Gasteiger partial charge in [-0.1, -0.05) is 24.3 Å². The SMILES string of the molecule is NCc1ccc(CN2CCCSCC2)cc1. The standard InChI is InChI=1S/C13H20N2S/c14-10-12-2-4-13(5-3-12)11-15-6-1-8-16-9-7-15/h2-5H,1,6-11,14H2. The molecule has 1 aromatic carbocycles. The smallest absolute Gasteiger partial charge is 0.0234 e. The lowest BCUT2D eigenvalue weighted by Crippen LogP contribution is -2.25. The number of hydrogen-bond acceptors (Lipinski definition) is 3. The summed E-state index contributed by atoms with van der Waals surface area (Å²) in [4.78, 5) is 2.55. The number of hydrogen-bond donors (Lipinski definition) is 1. The Morgan fingerprint density at radius 1 is 1.06 bits per heavy atom. The molecule has 0 aliphatic carbocycles. The maximum atomic E-state index is 5.59. The Bertz CT molecular complexity index is 302. The number of thioether (sulfide) groups is 1. The average Bonchev–Trinajstić information content (AvgIpc) is 2.59. The van der Waals surface area contributed by atoms with Gasteiger partial charge in [-0.3, -0.25) is 4.90 Å². The molecule has 0 atom stereocenters. The lowest BCUT2D eigenvalue weighted by molar-refractivity contribution is 0.287. The zero-order valence-corrected chi connectivity index (χ0v) is 10.5. The number of nitrogens with zero attached hydrogens (tertiary/aromatic N) is 1. The van der Waals surface area contributed by atoms with Crippen LogP contribution >= 0.6 is 11.8 Å². The molecule has 0 bridgehead atoms. The summed E-state index contributed by atoms with van der Waals surface area (Å²) < 4.78 is 0. The second-order valence-electron chi connectivity index (χ2n) is 4.26. The van der Waals surface area contributed by atoms with Crippen LogP contribution in [-0.4, -0.2) is 29.5 Å². The monoisotopic (exact) mass is 236 g/mol. The zero-order chi connectivity index (χ0) is 11.2. The summed E-state index contributed by atoms with van der Waals surface area (Å²) in [5.41, 5.74) is 8.22. The highest BCUT2D eigenvalue weighted by Crippen LogP contribution is 2.13. The van der Waals surface area contributed by atoms with Crippen molar-refractivity contribution in [2.45, 2.75) is 19.5 Å². The average molecular weight is 236 g/mol. The van der Waals surface area contributed by atoms with Gasteiger partial charge in [0, 0.05) is 25.4 Å². The van der Waals surface area contributed by atoms with Gasteiger partial charge in [-0.15, -0.1) is 0 Å². The predicted octanol–water partition coefficient (Wildman–Crippen LogP) is 2.08. The zero-order valence-electron chi connectivity index (χ0n) is 9.69. The third-order valence-corrected chi connectivity index (χ3v) is 4.03. The molecule has 0 amide bonds. The molecule has 0 spiro atoms. The fourth-order valence-corrected chi connectivity index (χ4v) is 2.92. The third kappa shape index (κ3) is 3.51. The quantitative estimate of drug-likeness (QED) is 0.871. The highest BCUT2D eigenvalue weighted by atomic mass is 32.2. The minimum atomic E-state index is 0.640. The normalized spacial score (nSPS) is 18.3. The highest BCUT2D eigenvalue weighted by molar-refractivity contribution is 7.99. The van der Waals surface area contributed by atoms with E-state index >= 15 is 0 Å². The van der Waals surface area contributed by atoms with Crippen LogP contribution in [0.4, 0.5) is 0 Å². The molecule has 0 saturated carbocycles. The lowest BCUT2D eigenvalue weighted by atomic mass is 10.1. The Labute approximate surface area is 102 Å².